The third kappa shape index (κ3) is 4.35. The summed E-state index contributed by atoms with van der Waals surface area (Å²) in [4.78, 5) is 30.3. The third-order valence-electron chi connectivity index (χ3n) is 6.81. The Hall–Kier alpha value is -3.71. The molecular formula is C29H30N4O2S. The van der Waals surface area contributed by atoms with Gasteiger partial charge in [-0.2, -0.15) is 5.10 Å². The smallest absolute Gasteiger partial charge is 0.277 e. The second-order valence-corrected chi connectivity index (χ2v) is 10.8. The number of fused-ring (bicyclic) bond motifs is 1. The Bertz CT molecular complexity index is 1390. The van der Waals surface area contributed by atoms with Gasteiger partial charge in [-0.05, 0) is 60.5 Å². The maximum Gasteiger partial charge on any atom is 0.277 e. The molecule has 5 rings (SSSR count). The van der Waals surface area contributed by atoms with Gasteiger partial charge in [0.2, 0.25) is 5.91 Å². The summed E-state index contributed by atoms with van der Waals surface area (Å²) in [7, 11) is 0. The lowest BCUT2D eigenvalue weighted by Crippen LogP contribution is -2.64. The predicted molar refractivity (Wildman–Crippen MR) is 144 cm³/mol. The highest BCUT2D eigenvalue weighted by molar-refractivity contribution is 7.13. The van der Waals surface area contributed by atoms with Gasteiger partial charge in [-0.15, -0.1) is 11.3 Å². The number of hydrogen-bond donors (Lipinski definition) is 1. The summed E-state index contributed by atoms with van der Waals surface area (Å²) in [5.74, 6) is -0.0832. The van der Waals surface area contributed by atoms with E-state index in [2.05, 4.69) is 19.2 Å². The number of nitrogens with zero attached hydrogens (tertiary/aromatic N) is 3. The number of rotatable bonds is 6. The van der Waals surface area contributed by atoms with E-state index in [1.165, 1.54) is 11.1 Å². The molecule has 0 saturated carbocycles. The van der Waals surface area contributed by atoms with E-state index in [-0.39, 0.29) is 18.4 Å². The molecule has 0 spiro atoms. The molecule has 0 unspecified atom stereocenters. The van der Waals surface area contributed by atoms with E-state index in [0.29, 0.717) is 23.8 Å². The van der Waals surface area contributed by atoms with Gasteiger partial charge in [-0.3, -0.25) is 19.2 Å². The molecule has 1 aliphatic rings. The van der Waals surface area contributed by atoms with Gasteiger partial charge in [0.1, 0.15) is 16.9 Å². The Morgan fingerprint density at radius 3 is 2.47 bits per heavy atom. The Morgan fingerprint density at radius 1 is 1.11 bits per heavy atom. The molecule has 0 fully saturated rings. The van der Waals surface area contributed by atoms with Crippen molar-refractivity contribution in [2.75, 3.05) is 4.90 Å². The van der Waals surface area contributed by atoms with E-state index < -0.39 is 5.54 Å². The molecule has 2 aromatic heterocycles. The van der Waals surface area contributed by atoms with Crippen molar-refractivity contribution in [1.29, 1.82) is 0 Å². The van der Waals surface area contributed by atoms with Crippen LogP contribution >= 0.6 is 11.3 Å². The Kier molecular flexibility index (Phi) is 6.26. The highest BCUT2D eigenvalue weighted by atomic mass is 32.1. The molecule has 36 heavy (non-hydrogen) atoms. The van der Waals surface area contributed by atoms with Crippen molar-refractivity contribution < 1.29 is 9.59 Å². The fourth-order valence-corrected chi connectivity index (χ4v) is 5.30. The SMILES string of the molecule is Cc1ccc(CNC(=O)[C@]2(C)Cn3nc(-c4cccs4)cc3C(=O)N2c2ccc(C(C)C)cc2)cc1. The van der Waals surface area contributed by atoms with Gasteiger partial charge in [0.05, 0.1) is 11.4 Å². The number of benzene rings is 2. The van der Waals surface area contributed by atoms with Crippen molar-refractivity contribution >= 4 is 28.8 Å². The number of aromatic nitrogens is 2. The number of anilines is 1. The summed E-state index contributed by atoms with van der Waals surface area (Å²) >= 11 is 1.57. The Morgan fingerprint density at radius 2 is 1.83 bits per heavy atom. The first-order valence-electron chi connectivity index (χ1n) is 12.2. The molecule has 3 heterocycles. The molecule has 2 aromatic carbocycles. The molecule has 1 atom stereocenters. The highest BCUT2D eigenvalue weighted by Crippen LogP contribution is 2.35. The summed E-state index contributed by atoms with van der Waals surface area (Å²) in [5, 5.41) is 9.77. The average Bonchev–Trinajstić information content (AvgIpc) is 3.54. The standard InChI is InChI=1S/C29H30N4O2S/c1-19(2)22-11-13-23(14-12-22)33-27(34)25-16-24(26-6-5-15-36-26)31-32(25)18-29(33,4)28(35)30-17-21-9-7-20(3)8-10-21/h5-16,19H,17-18H2,1-4H3,(H,30,35)/t29-/m0/s1. The van der Waals surface area contributed by atoms with Gasteiger partial charge >= 0.3 is 0 Å². The zero-order valence-corrected chi connectivity index (χ0v) is 21.8. The molecule has 1 N–H and O–H groups in total. The zero-order chi connectivity index (χ0) is 25.4. The van der Waals surface area contributed by atoms with E-state index in [1.54, 1.807) is 20.9 Å². The van der Waals surface area contributed by atoms with Crippen LogP contribution in [0.5, 0.6) is 0 Å². The van der Waals surface area contributed by atoms with Gasteiger partial charge in [0, 0.05) is 12.2 Å². The average molecular weight is 499 g/mol. The Labute approximate surface area is 215 Å². The maximum atomic E-state index is 13.9. The van der Waals surface area contributed by atoms with Gasteiger partial charge in [-0.25, -0.2) is 0 Å². The number of carbonyl (C=O) groups excluding carboxylic acids is 2. The van der Waals surface area contributed by atoms with Crippen LogP contribution < -0.4 is 10.2 Å². The van der Waals surface area contributed by atoms with Crippen molar-refractivity contribution in [2.24, 2.45) is 0 Å². The first kappa shape index (κ1) is 24.0. The third-order valence-corrected chi connectivity index (χ3v) is 7.70. The first-order valence-corrected chi connectivity index (χ1v) is 13.0. The molecule has 0 bridgehead atoms. The number of carbonyl (C=O) groups is 2. The number of thiophene rings is 1. The first-order chi connectivity index (χ1) is 17.3. The highest BCUT2D eigenvalue weighted by Gasteiger charge is 2.48. The second kappa shape index (κ2) is 9.39. The van der Waals surface area contributed by atoms with Crippen LogP contribution in [-0.4, -0.2) is 27.1 Å². The van der Waals surface area contributed by atoms with Crippen molar-refractivity contribution in [2.45, 2.75) is 52.2 Å². The Balaban J connectivity index is 1.52. The minimum atomic E-state index is -1.16. The molecule has 184 valence electrons. The molecular weight excluding hydrogens is 468 g/mol. The molecule has 0 radical (unpaired) electrons. The van der Waals surface area contributed by atoms with Crippen LogP contribution in [0.15, 0.2) is 72.1 Å². The topological polar surface area (TPSA) is 67.2 Å². The minimum absolute atomic E-state index is 0.219. The summed E-state index contributed by atoms with van der Waals surface area (Å²) in [6.45, 7) is 8.76. The largest absolute Gasteiger partial charge is 0.350 e. The van der Waals surface area contributed by atoms with Crippen molar-refractivity contribution in [3.63, 3.8) is 0 Å². The molecule has 2 amide bonds. The molecule has 7 heteroatoms. The molecule has 0 saturated heterocycles. The molecule has 0 aliphatic carbocycles. The maximum absolute atomic E-state index is 13.9. The van der Waals surface area contributed by atoms with E-state index in [9.17, 15) is 9.59 Å². The predicted octanol–water partition coefficient (Wildman–Crippen LogP) is 5.78. The lowest BCUT2D eigenvalue weighted by atomic mass is 9.93. The summed E-state index contributed by atoms with van der Waals surface area (Å²) in [5.41, 5.74) is 4.11. The monoisotopic (exact) mass is 498 g/mol. The van der Waals surface area contributed by atoms with E-state index in [0.717, 1.165) is 16.1 Å². The summed E-state index contributed by atoms with van der Waals surface area (Å²) in [6.07, 6.45) is 0. The van der Waals surface area contributed by atoms with Crippen LogP contribution in [-0.2, 0) is 17.9 Å². The van der Waals surface area contributed by atoms with Gasteiger partial charge in [0.15, 0.2) is 0 Å². The van der Waals surface area contributed by atoms with Gasteiger partial charge in [0.25, 0.3) is 5.91 Å². The molecule has 6 nitrogen and oxygen atoms in total. The zero-order valence-electron chi connectivity index (χ0n) is 21.0. The molecule has 1 aliphatic heterocycles. The van der Waals surface area contributed by atoms with Crippen molar-refractivity contribution in [1.82, 2.24) is 15.1 Å². The van der Waals surface area contributed by atoms with Crippen molar-refractivity contribution in [3.8, 4) is 10.6 Å². The van der Waals surface area contributed by atoms with Crippen LogP contribution in [0.25, 0.3) is 10.6 Å². The van der Waals surface area contributed by atoms with Crippen molar-refractivity contribution in [3.05, 3.63) is 94.5 Å². The quantitative estimate of drug-likeness (QED) is 0.366. The minimum Gasteiger partial charge on any atom is -0.350 e. The number of hydrogen-bond acceptors (Lipinski definition) is 4. The molecule has 4 aromatic rings. The van der Waals surface area contributed by atoms with Crippen LogP contribution in [0.1, 0.15) is 53.9 Å². The summed E-state index contributed by atoms with van der Waals surface area (Å²) < 4.78 is 1.68. The van der Waals surface area contributed by atoms with Gasteiger partial charge in [-0.1, -0.05) is 61.9 Å². The normalized spacial score (nSPS) is 17.4. The van der Waals surface area contributed by atoms with Crippen LogP contribution in [0.3, 0.4) is 0 Å². The number of amides is 2. The van der Waals surface area contributed by atoms with Crippen LogP contribution in [0.2, 0.25) is 0 Å². The second-order valence-electron chi connectivity index (χ2n) is 9.88. The van der Waals surface area contributed by atoms with Crippen LogP contribution in [0, 0.1) is 6.92 Å². The fraction of sp³-hybridized carbons (Fsp3) is 0.276. The van der Waals surface area contributed by atoms with E-state index in [4.69, 9.17) is 5.10 Å². The fourth-order valence-electron chi connectivity index (χ4n) is 4.62. The number of aryl methyl sites for hydroxylation is 1. The van der Waals surface area contributed by atoms with Crippen LogP contribution in [0.4, 0.5) is 5.69 Å². The van der Waals surface area contributed by atoms with E-state index in [1.807, 2.05) is 86.0 Å². The number of nitrogens with one attached hydrogen (secondary N) is 1. The lowest BCUT2D eigenvalue weighted by Gasteiger charge is -2.43. The van der Waals surface area contributed by atoms with E-state index >= 15 is 0 Å². The lowest BCUT2D eigenvalue weighted by molar-refractivity contribution is -0.126. The van der Waals surface area contributed by atoms with Gasteiger partial charge < -0.3 is 5.32 Å². The summed E-state index contributed by atoms with van der Waals surface area (Å²) in [6, 6.07) is 21.8.